The first-order valence-corrected chi connectivity index (χ1v) is 10.6. The third kappa shape index (κ3) is 4.77. The Hall–Kier alpha value is -2.16. The molecule has 3 rings (SSSR count). The van der Waals surface area contributed by atoms with Crippen LogP contribution in [0.3, 0.4) is 0 Å². The van der Waals surface area contributed by atoms with Crippen molar-refractivity contribution in [2.75, 3.05) is 0 Å². The normalized spacial score (nSPS) is 11.8. The van der Waals surface area contributed by atoms with Gasteiger partial charge in [-0.05, 0) is 36.8 Å². The molecular formula is C18H16BrClN4O2S. The minimum absolute atomic E-state index is 0.116. The van der Waals surface area contributed by atoms with Crippen LogP contribution in [0, 0.1) is 6.92 Å². The molecular weight excluding hydrogens is 452 g/mol. The third-order valence-corrected chi connectivity index (χ3v) is 5.94. The standard InChI is InChI=1S/C18H16BrClN4O2S/c1-13-17(18(20)24(22-13)12-14-5-3-2-4-6-14)11-21-23-27(25,26)16-9-7-15(19)8-10-16/h2-11,23H,12H2,1H3. The first-order chi connectivity index (χ1) is 12.9. The fourth-order valence-electron chi connectivity index (χ4n) is 2.40. The zero-order chi connectivity index (χ0) is 19.4. The van der Waals surface area contributed by atoms with Crippen molar-refractivity contribution in [3.05, 3.63) is 81.0 Å². The van der Waals surface area contributed by atoms with Crippen LogP contribution >= 0.6 is 27.5 Å². The summed E-state index contributed by atoms with van der Waals surface area (Å²) in [7, 11) is -3.75. The molecule has 0 radical (unpaired) electrons. The van der Waals surface area contributed by atoms with Gasteiger partial charge < -0.3 is 0 Å². The molecule has 3 aromatic rings. The minimum atomic E-state index is -3.75. The van der Waals surface area contributed by atoms with Crippen molar-refractivity contribution >= 4 is 43.8 Å². The predicted octanol–water partition coefficient (Wildman–Crippen LogP) is 3.97. The number of hydrazone groups is 1. The molecule has 1 aromatic heterocycles. The molecule has 0 saturated carbocycles. The molecule has 0 aliphatic carbocycles. The van der Waals surface area contributed by atoms with Crippen LogP contribution in [-0.2, 0) is 16.6 Å². The summed E-state index contributed by atoms with van der Waals surface area (Å²) in [5.74, 6) is 0. The van der Waals surface area contributed by atoms with Gasteiger partial charge in [-0.1, -0.05) is 57.9 Å². The van der Waals surface area contributed by atoms with E-state index in [4.69, 9.17) is 11.6 Å². The molecule has 140 valence electrons. The number of nitrogens with one attached hydrogen (secondary N) is 1. The highest BCUT2D eigenvalue weighted by atomic mass is 79.9. The van der Waals surface area contributed by atoms with Crippen LogP contribution < -0.4 is 4.83 Å². The van der Waals surface area contributed by atoms with Crippen LogP contribution in [0.5, 0.6) is 0 Å². The van der Waals surface area contributed by atoms with Gasteiger partial charge in [-0.25, -0.2) is 9.51 Å². The van der Waals surface area contributed by atoms with Crippen molar-refractivity contribution in [2.45, 2.75) is 18.4 Å². The lowest BCUT2D eigenvalue weighted by atomic mass is 10.2. The van der Waals surface area contributed by atoms with Crippen LogP contribution in [-0.4, -0.2) is 24.4 Å². The first-order valence-electron chi connectivity index (χ1n) is 7.94. The Morgan fingerprint density at radius 2 is 1.85 bits per heavy atom. The number of nitrogens with zero attached hydrogens (tertiary/aromatic N) is 3. The van der Waals surface area contributed by atoms with Crippen LogP contribution in [0.1, 0.15) is 16.8 Å². The fourth-order valence-corrected chi connectivity index (χ4v) is 3.74. The number of sulfonamides is 1. The monoisotopic (exact) mass is 466 g/mol. The van der Waals surface area contributed by atoms with Gasteiger partial charge in [0.2, 0.25) is 0 Å². The Kier molecular flexibility index (Phi) is 5.98. The third-order valence-electron chi connectivity index (χ3n) is 3.78. The summed E-state index contributed by atoms with van der Waals surface area (Å²) in [5.41, 5.74) is 2.27. The average Bonchev–Trinajstić information content (AvgIpc) is 2.90. The summed E-state index contributed by atoms with van der Waals surface area (Å²) in [4.78, 5) is 2.30. The van der Waals surface area contributed by atoms with Crippen molar-refractivity contribution in [2.24, 2.45) is 5.10 Å². The molecule has 0 saturated heterocycles. The molecule has 0 unspecified atom stereocenters. The Morgan fingerprint density at radius 3 is 2.52 bits per heavy atom. The molecule has 2 aromatic carbocycles. The molecule has 0 bridgehead atoms. The summed E-state index contributed by atoms with van der Waals surface area (Å²) in [6.45, 7) is 2.30. The number of benzene rings is 2. The highest BCUT2D eigenvalue weighted by Crippen LogP contribution is 2.19. The lowest BCUT2D eigenvalue weighted by Crippen LogP contribution is -2.18. The Morgan fingerprint density at radius 1 is 1.19 bits per heavy atom. The van der Waals surface area contributed by atoms with E-state index in [-0.39, 0.29) is 4.90 Å². The van der Waals surface area contributed by atoms with E-state index in [0.29, 0.717) is 23.0 Å². The highest BCUT2D eigenvalue weighted by Gasteiger charge is 2.14. The molecule has 0 amide bonds. The van der Waals surface area contributed by atoms with E-state index < -0.39 is 10.0 Å². The van der Waals surface area contributed by atoms with E-state index in [0.717, 1.165) is 10.0 Å². The molecule has 0 fully saturated rings. The lowest BCUT2D eigenvalue weighted by molar-refractivity contribution is 0.584. The number of hydrogen-bond acceptors (Lipinski definition) is 4. The van der Waals surface area contributed by atoms with E-state index in [1.165, 1.54) is 18.3 Å². The van der Waals surface area contributed by atoms with Crippen molar-refractivity contribution < 1.29 is 8.42 Å². The van der Waals surface area contributed by atoms with Gasteiger partial charge in [0.15, 0.2) is 0 Å². The zero-order valence-electron chi connectivity index (χ0n) is 14.3. The van der Waals surface area contributed by atoms with Crippen molar-refractivity contribution in [3.63, 3.8) is 0 Å². The SMILES string of the molecule is Cc1nn(Cc2ccccc2)c(Cl)c1C=NNS(=O)(=O)c1ccc(Br)cc1. The smallest absolute Gasteiger partial charge is 0.249 e. The average molecular weight is 468 g/mol. The van der Waals surface area contributed by atoms with Crippen LogP contribution in [0.2, 0.25) is 5.15 Å². The topological polar surface area (TPSA) is 76.3 Å². The van der Waals surface area contributed by atoms with Crippen molar-refractivity contribution in [3.8, 4) is 0 Å². The molecule has 9 heteroatoms. The van der Waals surface area contributed by atoms with E-state index in [2.05, 4.69) is 31.0 Å². The Labute approximate surface area is 171 Å². The Balaban J connectivity index is 1.76. The van der Waals surface area contributed by atoms with Gasteiger partial charge in [0.25, 0.3) is 10.0 Å². The van der Waals surface area contributed by atoms with Crippen LogP contribution in [0.15, 0.2) is 69.1 Å². The number of hydrogen-bond donors (Lipinski definition) is 1. The van der Waals surface area contributed by atoms with Gasteiger partial charge in [0.1, 0.15) is 5.15 Å². The maximum atomic E-state index is 12.3. The van der Waals surface area contributed by atoms with Gasteiger partial charge >= 0.3 is 0 Å². The molecule has 1 N–H and O–H groups in total. The number of halogens is 2. The summed E-state index contributed by atoms with van der Waals surface area (Å²) in [5, 5.41) is 8.63. The summed E-state index contributed by atoms with van der Waals surface area (Å²) < 4.78 is 27.0. The predicted molar refractivity (Wildman–Crippen MR) is 110 cm³/mol. The number of rotatable bonds is 6. The zero-order valence-corrected chi connectivity index (χ0v) is 17.5. The summed E-state index contributed by atoms with van der Waals surface area (Å²) in [6.07, 6.45) is 1.36. The van der Waals surface area contributed by atoms with Gasteiger partial charge in [0, 0.05) is 4.47 Å². The largest absolute Gasteiger partial charge is 0.276 e. The Bertz CT molecular complexity index is 1060. The van der Waals surface area contributed by atoms with Crippen molar-refractivity contribution in [1.29, 1.82) is 0 Å². The molecule has 0 spiro atoms. The van der Waals surface area contributed by atoms with Gasteiger partial charge in [-0.3, -0.25) is 0 Å². The number of aromatic nitrogens is 2. The van der Waals surface area contributed by atoms with Crippen LogP contribution in [0.25, 0.3) is 0 Å². The first kappa shape index (κ1) is 19.6. The van der Waals surface area contributed by atoms with Gasteiger partial charge in [-0.2, -0.15) is 18.6 Å². The second-order valence-electron chi connectivity index (χ2n) is 5.74. The maximum absolute atomic E-state index is 12.3. The lowest BCUT2D eigenvalue weighted by Gasteiger charge is -2.04. The molecule has 6 nitrogen and oxygen atoms in total. The van der Waals surface area contributed by atoms with Crippen molar-refractivity contribution in [1.82, 2.24) is 14.6 Å². The minimum Gasteiger partial charge on any atom is -0.249 e. The molecule has 0 aliphatic heterocycles. The molecule has 1 heterocycles. The van der Waals surface area contributed by atoms with Gasteiger partial charge in [-0.15, -0.1) is 0 Å². The van der Waals surface area contributed by atoms with E-state index in [1.54, 1.807) is 23.7 Å². The van der Waals surface area contributed by atoms with E-state index in [9.17, 15) is 8.42 Å². The second-order valence-corrected chi connectivity index (χ2v) is 8.67. The highest BCUT2D eigenvalue weighted by molar-refractivity contribution is 9.10. The number of aryl methyl sites for hydroxylation is 1. The molecule has 0 aliphatic rings. The fraction of sp³-hybridized carbons (Fsp3) is 0.111. The summed E-state index contributed by atoms with van der Waals surface area (Å²) in [6, 6.07) is 16.0. The van der Waals surface area contributed by atoms with Gasteiger partial charge in [0.05, 0.1) is 28.9 Å². The van der Waals surface area contributed by atoms with Crippen LogP contribution in [0.4, 0.5) is 0 Å². The molecule has 27 heavy (non-hydrogen) atoms. The van der Waals surface area contributed by atoms with E-state index in [1.807, 2.05) is 30.3 Å². The second kappa shape index (κ2) is 8.24. The molecule has 0 atom stereocenters. The summed E-state index contributed by atoms with van der Waals surface area (Å²) >= 11 is 9.66. The maximum Gasteiger partial charge on any atom is 0.276 e. The quantitative estimate of drug-likeness (QED) is 0.440. The van der Waals surface area contributed by atoms with E-state index >= 15 is 0 Å².